The molecule has 1 heterocycles. The lowest BCUT2D eigenvalue weighted by atomic mass is 10.2. The Balaban J connectivity index is 2.29. The molecule has 6 heteroatoms. The van der Waals surface area contributed by atoms with Crippen LogP contribution >= 0.6 is 11.6 Å². The quantitative estimate of drug-likeness (QED) is 0.850. The molecule has 20 heavy (non-hydrogen) atoms. The van der Waals surface area contributed by atoms with Crippen LogP contribution in [0, 0.1) is 6.92 Å². The van der Waals surface area contributed by atoms with Crippen LogP contribution in [0.2, 0.25) is 5.02 Å². The van der Waals surface area contributed by atoms with Gasteiger partial charge in [-0.1, -0.05) is 17.7 Å². The lowest BCUT2D eigenvalue weighted by molar-refractivity contribution is 0.0602. The Morgan fingerprint density at radius 2 is 2.15 bits per heavy atom. The summed E-state index contributed by atoms with van der Waals surface area (Å²) in [5.74, 6) is -0.0191. The first-order chi connectivity index (χ1) is 9.51. The van der Waals surface area contributed by atoms with E-state index >= 15 is 0 Å². The number of benzene rings is 1. The number of nitrogens with one attached hydrogen (secondary N) is 1. The van der Waals surface area contributed by atoms with Crippen molar-refractivity contribution in [2.45, 2.75) is 6.92 Å². The Morgan fingerprint density at radius 3 is 2.80 bits per heavy atom. The van der Waals surface area contributed by atoms with Gasteiger partial charge in [-0.15, -0.1) is 0 Å². The molecule has 5 nitrogen and oxygen atoms in total. The van der Waals surface area contributed by atoms with Crippen molar-refractivity contribution in [1.82, 2.24) is 4.98 Å². The minimum Gasteiger partial charge on any atom is -0.465 e. The van der Waals surface area contributed by atoms with E-state index in [4.69, 9.17) is 17.3 Å². The number of halogens is 1. The maximum Gasteiger partial charge on any atom is 0.340 e. The van der Waals surface area contributed by atoms with E-state index in [1.54, 1.807) is 6.07 Å². The predicted octanol–water partition coefficient (Wildman–Crippen LogP) is 3.16. The summed E-state index contributed by atoms with van der Waals surface area (Å²) >= 11 is 6.05. The molecule has 3 N–H and O–H groups in total. The average molecular weight is 292 g/mol. The second-order valence-corrected chi connectivity index (χ2v) is 4.64. The van der Waals surface area contributed by atoms with Crippen molar-refractivity contribution in [2.24, 2.45) is 0 Å². The maximum absolute atomic E-state index is 11.6. The summed E-state index contributed by atoms with van der Waals surface area (Å²) in [6.45, 7) is 1.92. The van der Waals surface area contributed by atoms with Gasteiger partial charge >= 0.3 is 5.97 Å². The van der Waals surface area contributed by atoms with Crippen molar-refractivity contribution in [3.05, 3.63) is 46.6 Å². The summed E-state index contributed by atoms with van der Waals surface area (Å²) in [7, 11) is 1.30. The van der Waals surface area contributed by atoms with Crippen LogP contribution in [0.5, 0.6) is 0 Å². The van der Waals surface area contributed by atoms with Gasteiger partial charge in [-0.25, -0.2) is 9.78 Å². The van der Waals surface area contributed by atoms with Crippen molar-refractivity contribution in [2.75, 3.05) is 18.2 Å². The number of nitrogens with two attached hydrogens (primary N) is 1. The van der Waals surface area contributed by atoms with Gasteiger partial charge < -0.3 is 15.8 Å². The molecule has 0 aliphatic rings. The minimum absolute atomic E-state index is 0.267. The van der Waals surface area contributed by atoms with Crippen LogP contribution < -0.4 is 11.1 Å². The Morgan fingerprint density at radius 1 is 1.40 bits per heavy atom. The van der Waals surface area contributed by atoms with Gasteiger partial charge in [0.2, 0.25) is 0 Å². The number of nitrogen functional groups attached to an aromatic ring is 1. The fraction of sp³-hybridized carbons (Fsp3) is 0.143. The number of anilines is 3. The highest BCUT2D eigenvalue weighted by atomic mass is 35.5. The lowest BCUT2D eigenvalue weighted by Gasteiger charge is -2.09. The summed E-state index contributed by atoms with van der Waals surface area (Å²) in [6, 6.07) is 7.09. The van der Waals surface area contributed by atoms with Gasteiger partial charge in [0.25, 0.3) is 0 Å². The Bertz CT molecular complexity index is 659. The number of aryl methyl sites for hydroxylation is 1. The summed E-state index contributed by atoms with van der Waals surface area (Å²) in [4.78, 5) is 15.7. The van der Waals surface area contributed by atoms with Crippen molar-refractivity contribution in [1.29, 1.82) is 0 Å². The normalized spacial score (nSPS) is 10.2. The van der Waals surface area contributed by atoms with Crippen LogP contribution in [-0.2, 0) is 4.74 Å². The van der Waals surface area contributed by atoms with Gasteiger partial charge in [-0.05, 0) is 30.7 Å². The first kappa shape index (κ1) is 14.1. The third-order valence-corrected chi connectivity index (χ3v) is 3.19. The monoisotopic (exact) mass is 291 g/mol. The average Bonchev–Trinajstić information content (AvgIpc) is 2.44. The highest BCUT2D eigenvalue weighted by Gasteiger charge is 2.11. The number of pyridine rings is 1. The van der Waals surface area contributed by atoms with E-state index in [-0.39, 0.29) is 11.3 Å². The van der Waals surface area contributed by atoms with Gasteiger partial charge in [0.15, 0.2) is 0 Å². The summed E-state index contributed by atoms with van der Waals surface area (Å²) in [6.07, 6.45) is 1.41. The standard InChI is InChI=1S/C14H14ClN3O2/c1-8-3-4-9(5-11(8)15)18-13-6-10(14(19)20-2)12(16)7-17-13/h3-7H,16H2,1-2H3,(H,17,18). The molecule has 2 aromatic rings. The summed E-state index contributed by atoms with van der Waals surface area (Å²) in [5, 5.41) is 3.71. The van der Waals surface area contributed by atoms with Crippen LogP contribution in [-0.4, -0.2) is 18.1 Å². The molecular weight excluding hydrogens is 278 g/mol. The number of methoxy groups -OCH3 is 1. The number of nitrogens with zero attached hydrogens (tertiary/aromatic N) is 1. The van der Waals surface area contributed by atoms with E-state index < -0.39 is 5.97 Å². The molecule has 0 aliphatic heterocycles. The molecule has 0 spiro atoms. The number of aromatic nitrogens is 1. The van der Waals surface area contributed by atoms with E-state index in [0.717, 1.165) is 11.3 Å². The molecule has 1 aromatic carbocycles. The zero-order valence-electron chi connectivity index (χ0n) is 11.1. The summed E-state index contributed by atoms with van der Waals surface area (Å²) < 4.78 is 4.66. The van der Waals surface area contributed by atoms with Crippen molar-refractivity contribution >= 4 is 34.8 Å². The Hall–Kier alpha value is -2.27. The lowest BCUT2D eigenvalue weighted by Crippen LogP contribution is -2.07. The second kappa shape index (κ2) is 5.79. The van der Waals surface area contributed by atoms with Gasteiger partial charge in [-0.2, -0.15) is 0 Å². The van der Waals surface area contributed by atoms with Crippen molar-refractivity contribution in [3.8, 4) is 0 Å². The highest BCUT2D eigenvalue weighted by molar-refractivity contribution is 6.31. The van der Waals surface area contributed by atoms with Crippen LogP contribution in [0.25, 0.3) is 0 Å². The number of hydrogen-bond acceptors (Lipinski definition) is 5. The van der Waals surface area contributed by atoms with E-state index in [1.165, 1.54) is 19.4 Å². The van der Waals surface area contributed by atoms with E-state index in [1.807, 2.05) is 19.1 Å². The Labute approximate surface area is 121 Å². The number of hydrogen-bond donors (Lipinski definition) is 2. The molecule has 0 aliphatic carbocycles. The largest absolute Gasteiger partial charge is 0.465 e. The summed E-state index contributed by atoms with van der Waals surface area (Å²) in [5.41, 5.74) is 7.98. The Kier molecular flexibility index (Phi) is 4.10. The van der Waals surface area contributed by atoms with Gasteiger partial charge in [0.05, 0.1) is 24.6 Å². The van der Waals surface area contributed by atoms with Crippen molar-refractivity contribution in [3.63, 3.8) is 0 Å². The molecule has 0 fully saturated rings. The fourth-order valence-corrected chi connectivity index (χ4v) is 1.82. The van der Waals surface area contributed by atoms with Crippen LogP contribution in [0.3, 0.4) is 0 Å². The van der Waals surface area contributed by atoms with Crippen LogP contribution in [0.4, 0.5) is 17.2 Å². The predicted molar refractivity (Wildman–Crippen MR) is 79.5 cm³/mol. The van der Waals surface area contributed by atoms with Gasteiger partial charge in [0, 0.05) is 10.7 Å². The maximum atomic E-state index is 11.6. The third kappa shape index (κ3) is 3.00. The number of ether oxygens (including phenoxy) is 1. The molecule has 1 aromatic heterocycles. The smallest absolute Gasteiger partial charge is 0.340 e. The third-order valence-electron chi connectivity index (χ3n) is 2.78. The molecule has 104 valence electrons. The number of rotatable bonds is 3. The minimum atomic E-state index is -0.505. The zero-order chi connectivity index (χ0) is 14.7. The van der Waals surface area contributed by atoms with Crippen LogP contribution in [0.1, 0.15) is 15.9 Å². The zero-order valence-corrected chi connectivity index (χ0v) is 11.9. The molecule has 0 unspecified atom stereocenters. The molecule has 0 atom stereocenters. The van der Waals surface area contributed by atoms with Crippen molar-refractivity contribution < 1.29 is 9.53 Å². The van der Waals surface area contributed by atoms with E-state index in [9.17, 15) is 4.79 Å². The molecular formula is C14H14ClN3O2. The molecule has 0 amide bonds. The molecule has 0 saturated heterocycles. The number of esters is 1. The molecule has 0 saturated carbocycles. The molecule has 2 rings (SSSR count). The highest BCUT2D eigenvalue weighted by Crippen LogP contribution is 2.24. The molecule has 0 bridgehead atoms. The first-order valence-corrected chi connectivity index (χ1v) is 6.26. The number of carbonyl (C=O) groups is 1. The first-order valence-electron chi connectivity index (χ1n) is 5.88. The molecule has 0 radical (unpaired) electrons. The number of carbonyl (C=O) groups excluding carboxylic acids is 1. The fourth-order valence-electron chi connectivity index (χ4n) is 1.64. The van der Waals surface area contributed by atoms with E-state index in [0.29, 0.717) is 10.8 Å². The second-order valence-electron chi connectivity index (χ2n) is 4.24. The van der Waals surface area contributed by atoms with Crippen LogP contribution in [0.15, 0.2) is 30.5 Å². The van der Waals surface area contributed by atoms with Gasteiger partial charge in [-0.3, -0.25) is 0 Å². The topological polar surface area (TPSA) is 77.2 Å². The SMILES string of the molecule is COC(=O)c1cc(Nc2ccc(C)c(Cl)c2)ncc1N. The van der Waals surface area contributed by atoms with Gasteiger partial charge in [0.1, 0.15) is 5.82 Å². The van der Waals surface area contributed by atoms with E-state index in [2.05, 4.69) is 15.0 Å².